The normalized spacial score (nSPS) is 23.1. The van der Waals surface area contributed by atoms with Crippen LogP contribution in [0.4, 0.5) is 0 Å². The van der Waals surface area contributed by atoms with Gasteiger partial charge in [-0.25, -0.2) is 4.98 Å². The minimum Gasteiger partial charge on any atom is -0.373 e. The van der Waals surface area contributed by atoms with Crippen molar-refractivity contribution in [3.05, 3.63) is 39.6 Å². The average Bonchev–Trinajstić information content (AvgIpc) is 3.17. The van der Waals surface area contributed by atoms with Crippen LogP contribution in [-0.2, 0) is 24.2 Å². The summed E-state index contributed by atoms with van der Waals surface area (Å²) >= 11 is 1.92. The number of thiophene rings is 1. The fourth-order valence-corrected chi connectivity index (χ4v) is 4.38. The van der Waals surface area contributed by atoms with Crippen LogP contribution < -0.4 is 0 Å². The average molecular weight is 303 g/mol. The number of ether oxygens (including phenoxy) is 1. The van der Waals surface area contributed by atoms with Crippen LogP contribution in [0.25, 0.3) is 0 Å². The Labute approximate surface area is 129 Å². The SMILES string of the molecule is c1nc2c([nH]1)CN(Cc1ccc(C3CCCCO3)s1)CC2. The van der Waals surface area contributed by atoms with E-state index in [-0.39, 0.29) is 0 Å². The van der Waals surface area contributed by atoms with Crippen LogP contribution in [0.15, 0.2) is 18.5 Å². The Morgan fingerprint density at radius 1 is 1.38 bits per heavy atom. The fraction of sp³-hybridized carbons (Fsp3) is 0.562. The summed E-state index contributed by atoms with van der Waals surface area (Å²) in [5.74, 6) is 0. The van der Waals surface area contributed by atoms with Gasteiger partial charge in [-0.3, -0.25) is 4.90 Å². The van der Waals surface area contributed by atoms with Crippen molar-refractivity contribution in [1.82, 2.24) is 14.9 Å². The number of nitrogens with one attached hydrogen (secondary N) is 1. The first-order valence-electron chi connectivity index (χ1n) is 7.82. The lowest BCUT2D eigenvalue weighted by Gasteiger charge is -2.25. The van der Waals surface area contributed by atoms with Gasteiger partial charge in [0.1, 0.15) is 0 Å². The zero-order valence-corrected chi connectivity index (χ0v) is 13.0. The number of fused-ring (bicyclic) bond motifs is 1. The highest BCUT2D eigenvalue weighted by atomic mass is 32.1. The zero-order valence-electron chi connectivity index (χ0n) is 12.2. The number of nitrogens with zero attached hydrogens (tertiary/aromatic N) is 2. The number of hydrogen-bond acceptors (Lipinski definition) is 4. The number of H-pyrrole nitrogens is 1. The van der Waals surface area contributed by atoms with Crippen molar-refractivity contribution in [2.24, 2.45) is 0 Å². The fourth-order valence-electron chi connectivity index (χ4n) is 3.24. The third-order valence-corrected chi connectivity index (χ3v) is 5.58. The van der Waals surface area contributed by atoms with E-state index >= 15 is 0 Å². The summed E-state index contributed by atoms with van der Waals surface area (Å²) in [4.78, 5) is 13.0. The second-order valence-electron chi connectivity index (χ2n) is 5.95. The van der Waals surface area contributed by atoms with Crippen molar-refractivity contribution in [2.75, 3.05) is 13.2 Å². The molecular weight excluding hydrogens is 282 g/mol. The van der Waals surface area contributed by atoms with E-state index in [1.807, 2.05) is 17.7 Å². The summed E-state index contributed by atoms with van der Waals surface area (Å²) in [6.45, 7) is 4.05. The lowest BCUT2D eigenvalue weighted by molar-refractivity contribution is 0.0172. The molecule has 0 aliphatic carbocycles. The largest absolute Gasteiger partial charge is 0.373 e. The topological polar surface area (TPSA) is 41.2 Å². The Kier molecular flexibility index (Phi) is 3.80. The monoisotopic (exact) mass is 303 g/mol. The summed E-state index contributed by atoms with van der Waals surface area (Å²) in [5, 5.41) is 0. The molecule has 4 nitrogen and oxygen atoms in total. The van der Waals surface area contributed by atoms with Crippen LogP contribution in [0, 0.1) is 0 Å². The Balaban J connectivity index is 1.40. The second-order valence-corrected chi connectivity index (χ2v) is 7.15. The van der Waals surface area contributed by atoms with Crippen LogP contribution in [0.1, 0.15) is 46.5 Å². The van der Waals surface area contributed by atoms with Gasteiger partial charge in [0.15, 0.2) is 0 Å². The van der Waals surface area contributed by atoms with Crippen LogP contribution in [0.2, 0.25) is 0 Å². The molecule has 1 N–H and O–H groups in total. The molecule has 1 atom stereocenters. The minimum atomic E-state index is 0.345. The third-order valence-electron chi connectivity index (χ3n) is 4.41. The minimum absolute atomic E-state index is 0.345. The number of aromatic nitrogens is 2. The smallest absolute Gasteiger partial charge is 0.0925 e. The van der Waals surface area contributed by atoms with Gasteiger partial charge >= 0.3 is 0 Å². The Bertz CT molecular complexity index is 600. The molecule has 0 radical (unpaired) electrons. The molecular formula is C16H21N3OS. The Hall–Kier alpha value is -1.17. The molecule has 0 saturated carbocycles. The van der Waals surface area contributed by atoms with Gasteiger partial charge in [0.25, 0.3) is 0 Å². The van der Waals surface area contributed by atoms with Crippen molar-refractivity contribution in [1.29, 1.82) is 0 Å². The van der Waals surface area contributed by atoms with Crippen molar-refractivity contribution in [3.63, 3.8) is 0 Å². The van der Waals surface area contributed by atoms with Gasteiger partial charge in [0.05, 0.1) is 23.8 Å². The van der Waals surface area contributed by atoms with Gasteiger partial charge in [-0.1, -0.05) is 0 Å². The van der Waals surface area contributed by atoms with E-state index in [1.165, 1.54) is 40.4 Å². The molecule has 4 heterocycles. The van der Waals surface area contributed by atoms with Gasteiger partial charge in [0, 0.05) is 42.4 Å². The first-order valence-corrected chi connectivity index (χ1v) is 8.64. The lowest BCUT2D eigenvalue weighted by atomic mass is 10.1. The summed E-state index contributed by atoms with van der Waals surface area (Å²) in [7, 11) is 0. The maximum absolute atomic E-state index is 5.89. The predicted octanol–water partition coefficient (Wildman–Crippen LogP) is 3.27. The van der Waals surface area contributed by atoms with E-state index in [2.05, 4.69) is 27.0 Å². The molecule has 21 heavy (non-hydrogen) atoms. The highest BCUT2D eigenvalue weighted by Gasteiger charge is 2.21. The molecule has 1 saturated heterocycles. The van der Waals surface area contributed by atoms with Gasteiger partial charge in [-0.15, -0.1) is 11.3 Å². The highest BCUT2D eigenvalue weighted by Crippen LogP contribution is 2.33. The molecule has 0 bridgehead atoms. The van der Waals surface area contributed by atoms with Crippen LogP contribution >= 0.6 is 11.3 Å². The van der Waals surface area contributed by atoms with E-state index in [4.69, 9.17) is 4.74 Å². The first kappa shape index (κ1) is 13.5. The van der Waals surface area contributed by atoms with E-state index < -0.39 is 0 Å². The first-order chi connectivity index (χ1) is 10.4. The lowest BCUT2D eigenvalue weighted by Crippen LogP contribution is -2.29. The molecule has 0 aromatic carbocycles. The van der Waals surface area contributed by atoms with Crippen LogP contribution in [0.5, 0.6) is 0 Å². The maximum atomic E-state index is 5.89. The van der Waals surface area contributed by atoms with Crippen LogP contribution in [0.3, 0.4) is 0 Å². The maximum Gasteiger partial charge on any atom is 0.0925 e. The molecule has 0 spiro atoms. The summed E-state index contributed by atoms with van der Waals surface area (Å²) in [6.07, 6.45) is 6.92. The molecule has 2 aromatic rings. The van der Waals surface area contributed by atoms with Crippen molar-refractivity contribution in [3.8, 4) is 0 Å². The number of imidazole rings is 1. The van der Waals surface area contributed by atoms with Crippen molar-refractivity contribution >= 4 is 11.3 Å². The Morgan fingerprint density at radius 2 is 2.38 bits per heavy atom. The summed E-state index contributed by atoms with van der Waals surface area (Å²) < 4.78 is 5.89. The molecule has 2 aliphatic rings. The molecule has 2 aromatic heterocycles. The number of rotatable bonds is 3. The number of aromatic amines is 1. The van der Waals surface area contributed by atoms with Crippen molar-refractivity contribution in [2.45, 2.75) is 44.9 Å². The highest BCUT2D eigenvalue weighted by molar-refractivity contribution is 7.12. The molecule has 5 heteroatoms. The molecule has 1 fully saturated rings. The molecule has 2 aliphatic heterocycles. The Morgan fingerprint density at radius 3 is 3.29 bits per heavy atom. The summed E-state index contributed by atoms with van der Waals surface area (Å²) in [6, 6.07) is 4.54. The van der Waals surface area contributed by atoms with E-state index in [0.717, 1.165) is 32.7 Å². The van der Waals surface area contributed by atoms with E-state index in [9.17, 15) is 0 Å². The van der Waals surface area contributed by atoms with Gasteiger partial charge in [-0.2, -0.15) is 0 Å². The van der Waals surface area contributed by atoms with Crippen LogP contribution in [-0.4, -0.2) is 28.0 Å². The molecule has 4 rings (SSSR count). The van der Waals surface area contributed by atoms with E-state index in [1.54, 1.807) is 0 Å². The van der Waals surface area contributed by atoms with Gasteiger partial charge in [-0.05, 0) is 31.4 Å². The second kappa shape index (κ2) is 5.91. The molecule has 1 unspecified atom stereocenters. The predicted molar refractivity (Wildman–Crippen MR) is 83.3 cm³/mol. The van der Waals surface area contributed by atoms with Crippen molar-refractivity contribution < 1.29 is 4.74 Å². The van der Waals surface area contributed by atoms with Gasteiger partial charge < -0.3 is 9.72 Å². The zero-order chi connectivity index (χ0) is 14.1. The number of hydrogen-bond donors (Lipinski definition) is 1. The molecule has 0 amide bonds. The standard InChI is InChI=1S/C16H21N3OS/c1-2-8-20-15(3-1)16-5-4-12(21-16)9-19-7-6-13-14(10-19)18-11-17-13/h4-5,11,15H,1-3,6-10H2,(H,17,18). The molecule has 112 valence electrons. The third kappa shape index (κ3) is 2.91. The van der Waals surface area contributed by atoms with E-state index in [0.29, 0.717) is 6.10 Å². The quantitative estimate of drug-likeness (QED) is 0.946. The van der Waals surface area contributed by atoms with Gasteiger partial charge in [0.2, 0.25) is 0 Å². The summed E-state index contributed by atoms with van der Waals surface area (Å²) in [5.41, 5.74) is 2.53.